The summed E-state index contributed by atoms with van der Waals surface area (Å²) in [5.74, 6) is 0.880. The number of anilines is 1. The van der Waals surface area contributed by atoms with E-state index in [0.29, 0.717) is 34.8 Å². The third-order valence-corrected chi connectivity index (χ3v) is 6.08. The Morgan fingerprint density at radius 3 is 2.83 bits per heavy atom. The lowest BCUT2D eigenvalue weighted by molar-refractivity contribution is -0.121. The zero-order valence-electron chi connectivity index (χ0n) is 16.6. The Bertz CT molecular complexity index is 1050. The summed E-state index contributed by atoms with van der Waals surface area (Å²) in [5.41, 5.74) is 2.37. The van der Waals surface area contributed by atoms with Crippen LogP contribution in [0.4, 0.5) is 5.69 Å². The van der Waals surface area contributed by atoms with Gasteiger partial charge in [-0.2, -0.15) is 4.98 Å². The van der Waals surface area contributed by atoms with Crippen LogP contribution in [-0.2, 0) is 11.3 Å². The van der Waals surface area contributed by atoms with Crippen molar-refractivity contribution in [2.45, 2.75) is 26.3 Å². The second-order valence-electron chi connectivity index (χ2n) is 7.47. The highest BCUT2D eigenvalue weighted by atomic mass is 35.5. The van der Waals surface area contributed by atoms with Crippen LogP contribution in [0.25, 0.3) is 11.4 Å². The number of hydrogen-bond donors (Lipinski definition) is 1. The number of amides is 1. The monoisotopic (exact) mass is 444 g/mol. The van der Waals surface area contributed by atoms with Gasteiger partial charge < -0.3 is 9.84 Å². The summed E-state index contributed by atoms with van der Waals surface area (Å²) in [6.07, 6.45) is 1.77. The highest BCUT2D eigenvalue weighted by Gasteiger charge is 2.27. The number of hydrogen-bond acceptors (Lipinski definition) is 5. The lowest BCUT2D eigenvalue weighted by Gasteiger charge is -2.31. The third kappa shape index (κ3) is 4.67. The minimum absolute atomic E-state index is 0.00681. The molecular formula is C22H22Cl2N4O2. The van der Waals surface area contributed by atoms with Crippen molar-refractivity contribution in [3.63, 3.8) is 0 Å². The first-order valence-corrected chi connectivity index (χ1v) is 10.6. The van der Waals surface area contributed by atoms with Crippen LogP contribution in [0.2, 0.25) is 10.0 Å². The van der Waals surface area contributed by atoms with Gasteiger partial charge in [0, 0.05) is 22.8 Å². The summed E-state index contributed by atoms with van der Waals surface area (Å²) >= 11 is 12.4. The molecule has 2 heterocycles. The van der Waals surface area contributed by atoms with Gasteiger partial charge in [-0.25, -0.2) is 0 Å². The second kappa shape index (κ2) is 9.16. The van der Waals surface area contributed by atoms with Gasteiger partial charge in [-0.15, -0.1) is 0 Å². The number of nitrogens with one attached hydrogen (secondary N) is 1. The maximum Gasteiger partial charge on any atom is 0.241 e. The lowest BCUT2D eigenvalue weighted by Crippen LogP contribution is -2.40. The van der Waals surface area contributed by atoms with Gasteiger partial charge in [0.2, 0.25) is 17.6 Å². The van der Waals surface area contributed by atoms with Crippen LogP contribution in [0.3, 0.4) is 0 Å². The van der Waals surface area contributed by atoms with Crippen molar-refractivity contribution in [3.8, 4) is 11.4 Å². The van der Waals surface area contributed by atoms with E-state index in [9.17, 15) is 4.79 Å². The number of aromatic nitrogens is 2. The fourth-order valence-electron chi connectivity index (χ4n) is 3.65. The summed E-state index contributed by atoms with van der Waals surface area (Å²) in [6, 6.07) is 12.9. The van der Waals surface area contributed by atoms with E-state index < -0.39 is 0 Å². The summed E-state index contributed by atoms with van der Waals surface area (Å²) in [5, 5.41) is 8.29. The van der Waals surface area contributed by atoms with E-state index in [0.717, 1.165) is 36.2 Å². The van der Waals surface area contributed by atoms with Crippen molar-refractivity contribution >= 4 is 34.8 Å². The van der Waals surface area contributed by atoms with Gasteiger partial charge in [0.1, 0.15) is 0 Å². The van der Waals surface area contributed by atoms with Crippen molar-refractivity contribution in [1.29, 1.82) is 0 Å². The Labute approximate surface area is 185 Å². The average molecular weight is 445 g/mol. The predicted octanol–water partition coefficient (Wildman–Crippen LogP) is 5.20. The summed E-state index contributed by atoms with van der Waals surface area (Å²) < 4.78 is 5.42. The molecule has 1 N–H and O–H groups in total. The van der Waals surface area contributed by atoms with Crippen LogP contribution in [-0.4, -0.2) is 34.0 Å². The van der Waals surface area contributed by atoms with Gasteiger partial charge in [-0.1, -0.05) is 46.6 Å². The third-order valence-electron chi connectivity index (χ3n) is 5.34. The zero-order chi connectivity index (χ0) is 21.1. The van der Waals surface area contributed by atoms with Gasteiger partial charge in [-0.05, 0) is 56.1 Å². The van der Waals surface area contributed by atoms with E-state index in [1.807, 2.05) is 43.3 Å². The van der Waals surface area contributed by atoms with E-state index in [1.54, 1.807) is 6.07 Å². The summed E-state index contributed by atoms with van der Waals surface area (Å²) in [6.45, 7) is 3.91. The fraction of sp³-hybridized carbons (Fsp3) is 0.318. The molecule has 3 aromatic rings. The molecule has 0 radical (unpaired) electrons. The van der Waals surface area contributed by atoms with Gasteiger partial charge in [0.05, 0.1) is 17.5 Å². The van der Waals surface area contributed by atoms with Crippen molar-refractivity contribution < 1.29 is 9.32 Å². The second-order valence-corrected chi connectivity index (χ2v) is 8.28. The molecular weight excluding hydrogens is 423 g/mol. The smallest absolute Gasteiger partial charge is 0.241 e. The molecule has 0 saturated carbocycles. The number of halogens is 2. The molecule has 1 aliphatic rings. The Balaban J connectivity index is 1.39. The Kier molecular flexibility index (Phi) is 6.37. The first kappa shape index (κ1) is 20.8. The van der Waals surface area contributed by atoms with Crippen LogP contribution in [0.1, 0.15) is 24.3 Å². The number of benzene rings is 2. The van der Waals surface area contributed by atoms with Gasteiger partial charge in [0.15, 0.2) is 0 Å². The van der Waals surface area contributed by atoms with Crippen molar-refractivity contribution in [1.82, 2.24) is 15.0 Å². The van der Waals surface area contributed by atoms with Crippen LogP contribution < -0.4 is 5.32 Å². The molecule has 1 saturated heterocycles. The van der Waals surface area contributed by atoms with Crippen molar-refractivity contribution in [2.75, 3.05) is 18.4 Å². The largest absolute Gasteiger partial charge is 0.338 e. The van der Waals surface area contributed by atoms with Crippen molar-refractivity contribution in [2.24, 2.45) is 5.92 Å². The first-order valence-electron chi connectivity index (χ1n) is 9.87. The molecule has 1 aliphatic heterocycles. The maximum absolute atomic E-state index is 12.8. The molecule has 0 bridgehead atoms. The normalized spacial score (nSPS) is 17.1. The molecule has 2 aromatic carbocycles. The number of nitrogens with zero attached hydrogens (tertiary/aromatic N) is 3. The summed E-state index contributed by atoms with van der Waals surface area (Å²) in [4.78, 5) is 19.5. The molecule has 1 amide bonds. The van der Waals surface area contributed by atoms with Gasteiger partial charge in [-0.3, -0.25) is 9.69 Å². The Hall–Kier alpha value is -2.41. The van der Waals surface area contributed by atoms with E-state index >= 15 is 0 Å². The predicted molar refractivity (Wildman–Crippen MR) is 118 cm³/mol. The van der Waals surface area contributed by atoms with Crippen LogP contribution in [0.5, 0.6) is 0 Å². The van der Waals surface area contributed by atoms with E-state index in [-0.39, 0.29) is 11.8 Å². The number of piperidine rings is 1. The highest BCUT2D eigenvalue weighted by molar-refractivity contribution is 6.33. The molecule has 1 aromatic heterocycles. The molecule has 4 rings (SSSR count). The summed E-state index contributed by atoms with van der Waals surface area (Å²) in [7, 11) is 0. The SMILES string of the molecule is Cc1c(Cl)cccc1NC(=O)C1CCCN(Cc2nc(-c3ccccc3Cl)no2)C1. The van der Waals surface area contributed by atoms with E-state index in [2.05, 4.69) is 20.4 Å². The first-order chi connectivity index (χ1) is 14.5. The Morgan fingerprint density at radius 1 is 1.20 bits per heavy atom. The number of likely N-dealkylation sites (tertiary alicyclic amines) is 1. The standard InChI is InChI=1S/C22H22Cl2N4O2/c1-14-17(23)9-4-10-19(14)25-22(29)15-6-5-11-28(12-15)13-20-26-21(27-30-20)16-7-2-3-8-18(16)24/h2-4,7-10,15H,5-6,11-13H2,1H3,(H,25,29). The quantitative estimate of drug-likeness (QED) is 0.585. The lowest BCUT2D eigenvalue weighted by atomic mass is 9.97. The molecule has 8 heteroatoms. The number of carbonyl (C=O) groups is 1. The molecule has 6 nitrogen and oxygen atoms in total. The van der Waals surface area contributed by atoms with E-state index in [4.69, 9.17) is 27.7 Å². The van der Waals surface area contributed by atoms with Crippen molar-refractivity contribution in [3.05, 3.63) is 64.0 Å². The van der Waals surface area contributed by atoms with Gasteiger partial charge in [0.25, 0.3) is 0 Å². The molecule has 0 aliphatic carbocycles. The average Bonchev–Trinajstić information content (AvgIpc) is 3.20. The van der Waals surface area contributed by atoms with Gasteiger partial charge >= 0.3 is 0 Å². The molecule has 1 atom stereocenters. The molecule has 156 valence electrons. The minimum Gasteiger partial charge on any atom is -0.338 e. The minimum atomic E-state index is -0.108. The maximum atomic E-state index is 12.8. The van der Waals surface area contributed by atoms with Crippen LogP contribution >= 0.6 is 23.2 Å². The molecule has 30 heavy (non-hydrogen) atoms. The number of carbonyl (C=O) groups excluding carboxylic acids is 1. The topological polar surface area (TPSA) is 71.3 Å². The highest BCUT2D eigenvalue weighted by Crippen LogP contribution is 2.27. The molecule has 1 fully saturated rings. The Morgan fingerprint density at radius 2 is 2.00 bits per heavy atom. The number of rotatable bonds is 5. The fourth-order valence-corrected chi connectivity index (χ4v) is 4.05. The van der Waals surface area contributed by atoms with E-state index in [1.165, 1.54) is 0 Å². The zero-order valence-corrected chi connectivity index (χ0v) is 18.1. The molecule has 1 unspecified atom stereocenters. The molecule has 0 spiro atoms. The van der Waals surface area contributed by atoms with Crippen LogP contribution in [0, 0.1) is 12.8 Å². The van der Waals surface area contributed by atoms with Crippen LogP contribution in [0.15, 0.2) is 47.0 Å².